The molecule has 0 aliphatic rings. The average molecular weight is 231 g/mol. The van der Waals surface area contributed by atoms with Gasteiger partial charge in [0.25, 0.3) is 0 Å². The van der Waals surface area contributed by atoms with Crippen LogP contribution in [0.1, 0.15) is 27.2 Å². The van der Waals surface area contributed by atoms with E-state index in [4.69, 9.17) is 14.9 Å². The summed E-state index contributed by atoms with van der Waals surface area (Å²) in [5, 5.41) is 20.1. The van der Waals surface area contributed by atoms with Crippen LogP contribution in [0.15, 0.2) is 0 Å². The SMILES string of the molecule is CB(O)N[C@H](CC(=O)OC(C)(C)C)C(=O)O. The van der Waals surface area contributed by atoms with Crippen LogP contribution in [0, 0.1) is 0 Å². The lowest BCUT2D eigenvalue weighted by molar-refractivity contribution is -0.158. The third-order valence-electron chi connectivity index (χ3n) is 1.53. The Hall–Kier alpha value is -1.08. The first-order valence-corrected chi connectivity index (χ1v) is 5.00. The number of carboxylic acid groups (broad SMARTS) is 1. The number of nitrogens with one attached hydrogen (secondary N) is 1. The van der Waals surface area contributed by atoms with E-state index in [1.807, 2.05) is 0 Å². The van der Waals surface area contributed by atoms with Gasteiger partial charge in [-0.15, -0.1) is 0 Å². The van der Waals surface area contributed by atoms with Gasteiger partial charge in [-0.25, -0.2) is 0 Å². The molecule has 7 heteroatoms. The number of hydrogen-bond acceptors (Lipinski definition) is 5. The Balaban J connectivity index is 4.30. The highest BCUT2D eigenvalue weighted by molar-refractivity contribution is 6.46. The van der Waals surface area contributed by atoms with Crippen LogP contribution in [0.2, 0.25) is 6.82 Å². The second kappa shape index (κ2) is 5.86. The normalized spacial score (nSPS) is 13.1. The number of ether oxygens (including phenoxy) is 1. The lowest BCUT2D eigenvalue weighted by Gasteiger charge is -2.21. The largest absolute Gasteiger partial charge is 0.480 e. The molecule has 1 atom stereocenters. The summed E-state index contributed by atoms with van der Waals surface area (Å²) in [6.45, 7) is 6.47. The minimum Gasteiger partial charge on any atom is -0.480 e. The van der Waals surface area contributed by atoms with E-state index in [2.05, 4.69) is 5.23 Å². The van der Waals surface area contributed by atoms with Gasteiger partial charge < -0.3 is 20.1 Å². The molecule has 0 fully saturated rings. The molecule has 0 saturated heterocycles. The van der Waals surface area contributed by atoms with E-state index in [1.165, 1.54) is 6.82 Å². The van der Waals surface area contributed by atoms with Gasteiger partial charge in [0.15, 0.2) is 0 Å². The second-order valence-electron chi connectivity index (χ2n) is 4.52. The van der Waals surface area contributed by atoms with Crippen LogP contribution in [0.25, 0.3) is 0 Å². The molecule has 16 heavy (non-hydrogen) atoms. The number of esters is 1. The quantitative estimate of drug-likeness (QED) is 0.450. The Bertz CT molecular complexity index is 261. The summed E-state index contributed by atoms with van der Waals surface area (Å²) in [7, 11) is -0.997. The van der Waals surface area contributed by atoms with Crippen molar-refractivity contribution < 1.29 is 24.5 Å². The number of carbonyl (C=O) groups excluding carboxylic acids is 1. The van der Waals surface area contributed by atoms with Crippen molar-refractivity contribution in [2.24, 2.45) is 0 Å². The van der Waals surface area contributed by atoms with E-state index in [-0.39, 0.29) is 6.42 Å². The van der Waals surface area contributed by atoms with E-state index < -0.39 is 30.6 Å². The van der Waals surface area contributed by atoms with Crippen LogP contribution in [-0.4, -0.2) is 40.8 Å². The molecule has 0 aromatic carbocycles. The van der Waals surface area contributed by atoms with Gasteiger partial charge in [-0.2, -0.15) is 0 Å². The van der Waals surface area contributed by atoms with Crippen molar-refractivity contribution in [1.29, 1.82) is 0 Å². The number of rotatable bonds is 5. The number of hydrogen-bond donors (Lipinski definition) is 3. The van der Waals surface area contributed by atoms with E-state index in [1.54, 1.807) is 20.8 Å². The Labute approximate surface area is 95.1 Å². The molecule has 0 heterocycles. The number of carboxylic acids is 1. The van der Waals surface area contributed by atoms with Crippen molar-refractivity contribution in [2.75, 3.05) is 0 Å². The maximum absolute atomic E-state index is 11.3. The first kappa shape index (κ1) is 14.9. The molecule has 0 rings (SSSR count). The molecule has 6 nitrogen and oxygen atoms in total. The van der Waals surface area contributed by atoms with Crippen LogP contribution >= 0.6 is 0 Å². The highest BCUT2D eigenvalue weighted by atomic mass is 16.6. The van der Waals surface area contributed by atoms with Crippen LogP contribution in [-0.2, 0) is 14.3 Å². The molecule has 0 spiro atoms. The highest BCUT2D eigenvalue weighted by Gasteiger charge is 2.26. The molecule has 0 unspecified atom stereocenters. The summed E-state index contributed by atoms with van der Waals surface area (Å²) in [5.41, 5.74) is -0.648. The fourth-order valence-electron chi connectivity index (χ4n) is 1.06. The first-order valence-electron chi connectivity index (χ1n) is 5.00. The predicted molar refractivity (Wildman–Crippen MR) is 58.9 cm³/mol. The van der Waals surface area contributed by atoms with Crippen molar-refractivity contribution in [1.82, 2.24) is 5.23 Å². The predicted octanol–water partition coefficient (Wildman–Crippen LogP) is -0.129. The van der Waals surface area contributed by atoms with Crippen molar-refractivity contribution in [2.45, 2.75) is 45.7 Å². The van der Waals surface area contributed by atoms with Crippen molar-refractivity contribution in [3.05, 3.63) is 0 Å². The van der Waals surface area contributed by atoms with Gasteiger partial charge in [-0.05, 0) is 27.6 Å². The Morgan fingerprint density at radius 2 is 1.94 bits per heavy atom. The van der Waals surface area contributed by atoms with Gasteiger partial charge in [0.05, 0.1) is 6.42 Å². The zero-order chi connectivity index (χ0) is 12.9. The van der Waals surface area contributed by atoms with Crippen molar-refractivity contribution in [3.8, 4) is 0 Å². The van der Waals surface area contributed by atoms with Gasteiger partial charge in [0.2, 0.25) is 0 Å². The van der Waals surface area contributed by atoms with Crippen molar-refractivity contribution in [3.63, 3.8) is 0 Å². The summed E-state index contributed by atoms with van der Waals surface area (Å²) >= 11 is 0. The standard InChI is InChI=1S/C9H18BNO5/c1-9(2,3)16-7(12)5-6(8(13)14)11-10(4)15/h6,11,15H,5H2,1-4H3,(H,13,14)/t6-/m1/s1. The van der Waals surface area contributed by atoms with Crippen LogP contribution in [0.3, 0.4) is 0 Å². The lowest BCUT2D eigenvalue weighted by Crippen LogP contribution is -2.46. The molecule has 92 valence electrons. The molecular weight excluding hydrogens is 213 g/mol. The number of carbonyl (C=O) groups is 2. The van der Waals surface area contributed by atoms with Gasteiger partial charge in [-0.1, -0.05) is 0 Å². The summed E-state index contributed by atoms with van der Waals surface area (Å²) in [6.07, 6.45) is -0.322. The zero-order valence-corrected chi connectivity index (χ0v) is 9.98. The molecule has 0 saturated carbocycles. The van der Waals surface area contributed by atoms with Gasteiger partial charge in [0, 0.05) is 0 Å². The van der Waals surface area contributed by atoms with Crippen LogP contribution in [0.5, 0.6) is 0 Å². The van der Waals surface area contributed by atoms with Crippen molar-refractivity contribution >= 4 is 19.0 Å². The summed E-state index contributed by atoms with van der Waals surface area (Å²) in [5.74, 6) is -1.82. The third kappa shape index (κ3) is 7.25. The monoisotopic (exact) mass is 231 g/mol. The summed E-state index contributed by atoms with van der Waals surface area (Å²) in [4.78, 5) is 22.1. The lowest BCUT2D eigenvalue weighted by atomic mass is 9.87. The van der Waals surface area contributed by atoms with E-state index in [0.717, 1.165) is 0 Å². The first-order chi connectivity index (χ1) is 7.11. The maximum atomic E-state index is 11.3. The van der Waals surface area contributed by atoms with Crippen LogP contribution < -0.4 is 5.23 Å². The molecule has 3 N–H and O–H groups in total. The molecular formula is C9H18BNO5. The maximum Gasteiger partial charge on any atom is 0.374 e. The molecule has 0 aromatic rings. The Kier molecular flexibility index (Phi) is 5.47. The summed E-state index contributed by atoms with van der Waals surface area (Å²) in [6, 6.07) is -1.14. The molecule has 0 aliphatic heterocycles. The van der Waals surface area contributed by atoms with Gasteiger partial charge in [-0.3, -0.25) is 9.59 Å². The minimum atomic E-state index is -1.20. The molecule has 0 amide bonds. The third-order valence-corrected chi connectivity index (χ3v) is 1.53. The topological polar surface area (TPSA) is 95.9 Å². The minimum absolute atomic E-state index is 0.322. The fourth-order valence-corrected chi connectivity index (χ4v) is 1.06. The molecule has 0 bridgehead atoms. The molecule has 0 aliphatic carbocycles. The second-order valence-corrected chi connectivity index (χ2v) is 4.52. The molecule has 0 aromatic heterocycles. The summed E-state index contributed by atoms with van der Waals surface area (Å²) < 4.78 is 4.98. The van der Waals surface area contributed by atoms with Gasteiger partial charge >= 0.3 is 19.0 Å². The Morgan fingerprint density at radius 3 is 2.25 bits per heavy atom. The number of aliphatic carboxylic acids is 1. The van der Waals surface area contributed by atoms with Gasteiger partial charge in [0.1, 0.15) is 11.6 Å². The van der Waals surface area contributed by atoms with E-state index in [9.17, 15) is 9.59 Å². The smallest absolute Gasteiger partial charge is 0.374 e. The Morgan fingerprint density at radius 1 is 1.44 bits per heavy atom. The molecule has 0 radical (unpaired) electrons. The van der Waals surface area contributed by atoms with Crippen LogP contribution in [0.4, 0.5) is 0 Å². The highest BCUT2D eigenvalue weighted by Crippen LogP contribution is 2.09. The van der Waals surface area contributed by atoms with E-state index in [0.29, 0.717) is 0 Å². The fraction of sp³-hybridized carbons (Fsp3) is 0.778. The van der Waals surface area contributed by atoms with E-state index >= 15 is 0 Å². The average Bonchev–Trinajstić information content (AvgIpc) is 1.97. The zero-order valence-electron chi connectivity index (χ0n) is 9.98.